The lowest BCUT2D eigenvalue weighted by Crippen LogP contribution is -2.44. The first-order chi connectivity index (χ1) is 10.6. The van der Waals surface area contributed by atoms with Crippen molar-refractivity contribution >= 4 is 16.9 Å². The van der Waals surface area contributed by atoms with Crippen LogP contribution in [0.25, 0.3) is 11.0 Å². The van der Waals surface area contributed by atoms with E-state index in [1.54, 1.807) is 0 Å². The van der Waals surface area contributed by atoms with E-state index in [9.17, 15) is 9.90 Å². The van der Waals surface area contributed by atoms with Crippen LogP contribution in [0.5, 0.6) is 0 Å². The Balaban J connectivity index is 1.80. The third-order valence-corrected chi connectivity index (χ3v) is 4.99. The van der Waals surface area contributed by atoms with Crippen LogP contribution in [0, 0.1) is 12.3 Å². The van der Waals surface area contributed by atoms with E-state index in [1.165, 1.54) is 5.56 Å². The largest absolute Gasteiger partial charge is 0.451 e. The maximum absolute atomic E-state index is 12.4. The van der Waals surface area contributed by atoms with Crippen LogP contribution in [0.4, 0.5) is 0 Å². The van der Waals surface area contributed by atoms with Gasteiger partial charge in [0.05, 0.1) is 6.61 Å². The van der Waals surface area contributed by atoms with Crippen molar-refractivity contribution in [1.82, 2.24) is 5.32 Å². The van der Waals surface area contributed by atoms with Gasteiger partial charge >= 0.3 is 0 Å². The van der Waals surface area contributed by atoms with Crippen LogP contribution >= 0.6 is 0 Å². The Morgan fingerprint density at radius 3 is 2.77 bits per heavy atom. The zero-order valence-corrected chi connectivity index (χ0v) is 13.2. The molecule has 1 heterocycles. The van der Waals surface area contributed by atoms with Crippen LogP contribution in [0.15, 0.2) is 22.6 Å². The van der Waals surface area contributed by atoms with Crippen LogP contribution in [0.1, 0.15) is 47.9 Å². The number of hydrogen-bond acceptors (Lipinski definition) is 3. The molecular weight excluding hydrogens is 278 g/mol. The van der Waals surface area contributed by atoms with Gasteiger partial charge in [-0.15, -0.1) is 0 Å². The Kier molecular flexibility index (Phi) is 3.96. The van der Waals surface area contributed by atoms with Gasteiger partial charge in [0.2, 0.25) is 0 Å². The monoisotopic (exact) mass is 301 g/mol. The Hall–Kier alpha value is -1.81. The number of rotatable bonds is 5. The fraction of sp³-hybridized carbons (Fsp3) is 0.500. The molecule has 0 aliphatic heterocycles. The van der Waals surface area contributed by atoms with Gasteiger partial charge in [-0.25, -0.2) is 0 Å². The lowest BCUT2D eigenvalue weighted by atomic mass is 9.69. The number of carbonyl (C=O) groups excluding carboxylic acids is 1. The quantitative estimate of drug-likeness (QED) is 0.891. The summed E-state index contributed by atoms with van der Waals surface area (Å²) in [6.45, 7) is 4.67. The van der Waals surface area contributed by atoms with Crippen molar-refractivity contribution in [2.75, 3.05) is 13.2 Å². The molecule has 0 saturated heterocycles. The molecule has 1 aromatic heterocycles. The number of hydrogen-bond donors (Lipinski definition) is 2. The average molecular weight is 301 g/mol. The highest BCUT2D eigenvalue weighted by Crippen LogP contribution is 2.39. The van der Waals surface area contributed by atoms with Crippen molar-refractivity contribution in [2.45, 2.75) is 39.5 Å². The van der Waals surface area contributed by atoms with Crippen LogP contribution in [0.2, 0.25) is 0 Å². The van der Waals surface area contributed by atoms with Crippen molar-refractivity contribution in [3.8, 4) is 0 Å². The molecule has 1 aromatic carbocycles. The Morgan fingerprint density at radius 1 is 1.41 bits per heavy atom. The molecule has 0 radical (unpaired) electrons. The third kappa shape index (κ3) is 2.52. The molecule has 3 rings (SSSR count). The molecular formula is C18H23NO3. The van der Waals surface area contributed by atoms with E-state index >= 15 is 0 Å². The first kappa shape index (κ1) is 15.1. The molecule has 22 heavy (non-hydrogen) atoms. The highest BCUT2D eigenvalue weighted by molar-refractivity contribution is 5.99. The number of aryl methyl sites for hydroxylation is 2. The van der Waals surface area contributed by atoms with Crippen molar-refractivity contribution in [3.63, 3.8) is 0 Å². The molecule has 0 bridgehead atoms. The minimum absolute atomic E-state index is 0.120. The predicted octanol–water partition coefficient (Wildman–Crippen LogP) is 3.20. The second-order valence-corrected chi connectivity index (χ2v) is 6.43. The highest BCUT2D eigenvalue weighted by atomic mass is 16.3. The van der Waals surface area contributed by atoms with Gasteiger partial charge < -0.3 is 14.8 Å². The summed E-state index contributed by atoms with van der Waals surface area (Å²) in [5.41, 5.74) is 2.75. The van der Waals surface area contributed by atoms with Crippen LogP contribution < -0.4 is 5.32 Å². The van der Waals surface area contributed by atoms with Gasteiger partial charge in [0.15, 0.2) is 5.76 Å². The lowest BCUT2D eigenvalue weighted by molar-refractivity contribution is 0.0424. The van der Waals surface area contributed by atoms with Crippen molar-refractivity contribution in [3.05, 3.63) is 35.1 Å². The second kappa shape index (κ2) is 5.76. The average Bonchev–Trinajstić information content (AvgIpc) is 2.83. The zero-order valence-electron chi connectivity index (χ0n) is 13.2. The maximum Gasteiger partial charge on any atom is 0.287 e. The Labute approximate surface area is 130 Å². The number of furan rings is 1. The van der Waals surface area contributed by atoms with E-state index in [2.05, 4.69) is 18.3 Å². The number of aliphatic hydroxyl groups is 1. The van der Waals surface area contributed by atoms with Gasteiger partial charge in [-0.2, -0.15) is 0 Å². The molecule has 4 nitrogen and oxygen atoms in total. The number of carbonyl (C=O) groups is 1. The topological polar surface area (TPSA) is 62.5 Å². The van der Waals surface area contributed by atoms with Gasteiger partial charge in [0, 0.05) is 22.9 Å². The SMILES string of the molecule is CCc1ccc2oc(C(=O)NCC3(CO)CCC3)c(C)c2c1. The number of aliphatic hydroxyl groups excluding tert-OH is 1. The summed E-state index contributed by atoms with van der Waals surface area (Å²) in [5, 5.41) is 13.4. The molecule has 2 aromatic rings. The van der Waals surface area contributed by atoms with Crippen LogP contribution in [-0.2, 0) is 6.42 Å². The molecule has 2 N–H and O–H groups in total. The van der Waals surface area contributed by atoms with Crippen molar-refractivity contribution in [2.24, 2.45) is 5.41 Å². The summed E-state index contributed by atoms with van der Waals surface area (Å²) in [6, 6.07) is 6.05. The Bertz CT molecular complexity index is 692. The first-order valence-electron chi connectivity index (χ1n) is 8.00. The van der Waals surface area contributed by atoms with Crippen LogP contribution in [0.3, 0.4) is 0 Å². The molecule has 1 aliphatic carbocycles. The number of benzene rings is 1. The fourth-order valence-electron chi connectivity index (χ4n) is 3.12. The molecule has 0 spiro atoms. The van der Waals surface area contributed by atoms with E-state index in [4.69, 9.17) is 4.42 Å². The zero-order chi connectivity index (χ0) is 15.7. The summed E-state index contributed by atoms with van der Waals surface area (Å²) in [4.78, 5) is 12.4. The van der Waals surface area contributed by atoms with Crippen molar-refractivity contribution in [1.29, 1.82) is 0 Å². The van der Waals surface area contributed by atoms with E-state index in [0.29, 0.717) is 12.3 Å². The molecule has 0 unspecified atom stereocenters. The molecule has 118 valence electrons. The van der Waals surface area contributed by atoms with E-state index in [-0.39, 0.29) is 17.9 Å². The lowest BCUT2D eigenvalue weighted by Gasteiger charge is -2.40. The number of fused-ring (bicyclic) bond motifs is 1. The summed E-state index contributed by atoms with van der Waals surface area (Å²) in [5.74, 6) is 0.196. The molecule has 0 atom stereocenters. The smallest absolute Gasteiger partial charge is 0.287 e. The number of amides is 1. The summed E-state index contributed by atoms with van der Waals surface area (Å²) in [6.07, 6.45) is 4.03. The Morgan fingerprint density at radius 2 is 2.18 bits per heavy atom. The third-order valence-electron chi connectivity index (χ3n) is 4.99. The number of nitrogens with one attached hydrogen (secondary N) is 1. The minimum Gasteiger partial charge on any atom is -0.451 e. The standard InChI is InChI=1S/C18H23NO3/c1-3-13-5-6-15-14(9-13)12(2)16(22-15)17(21)19-10-18(11-20)7-4-8-18/h5-6,9,20H,3-4,7-8,10-11H2,1-2H3,(H,19,21). The molecule has 1 saturated carbocycles. The van der Waals surface area contributed by atoms with Gasteiger partial charge in [0.25, 0.3) is 5.91 Å². The highest BCUT2D eigenvalue weighted by Gasteiger charge is 2.36. The van der Waals surface area contributed by atoms with Gasteiger partial charge in [-0.3, -0.25) is 4.79 Å². The molecule has 4 heteroatoms. The minimum atomic E-state index is -0.188. The van der Waals surface area contributed by atoms with E-state index in [1.807, 2.05) is 19.1 Å². The first-order valence-corrected chi connectivity index (χ1v) is 8.00. The fourth-order valence-corrected chi connectivity index (χ4v) is 3.12. The molecule has 1 fully saturated rings. The predicted molar refractivity (Wildman–Crippen MR) is 86.0 cm³/mol. The summed E-state index contributed by atoms with van der Waals surface area (Å²) < 4.78 is 5.74. The summed E-state index contributed by atoms with van der Waals surface area (Å²) >= 11 is 0. The van der Waals surface area contributed by atoms with Crippen molar-refractivity contribution < 1.29 is 14.3 Å². The molecule has 1 amide bonds. The second-order valence-electron chi connectivity index (χ2n) is 6.43. The van der Waals surface area contributed by atoms with E-state index in [0.717, 1.165) is 42.2 Å². The van der Waals surface area contributed by atoms with Gasteiger partial charge in [0.1, 0.15) is 5.58 Å². The van der Waals surface area contributed by atoms with Crippen LogP contribution in [-0.4, -0.2) is 24.2 Å². The molecule has 1 aliphatic rings. The van der Waals surface area contributed by atoms with Gasteiger partial charge in [-0.1, -0.05) is 19.4 Å². The normalized spacial score (nSPS) is 16.5. The van der Waals surface area contributed by atoms with E-state index < -0.39 is 0 Å². The maximum atomic E-state index is 12.4. The van der Waals surface area contributed by atoms with Gasteiger partial charge in [-0.05, 0) is 43.9 Å². The summed E-state index contributed by atoms with van der Waals surface area (Å²) in [7, 11) is 0.